The molecular weight excluding hydrogens is 254 g/mol. The smallest absolute Gasteiger partial charge is 0.00796 e. The maximum Gasteiger partial charge on any atom is 0.00796 e. The Balaban J connectivity index is 1.59. The predicted molar refractivity (Wildman–Crippen MR) is 91.4 cm³/mol. The largest absolute Gasteiger partial charge is 0.327 e. The van der Waals surface area contributed by atoms with Crippen molar-refractivity contribution in [2.45, 2.75) is 57.4 Å². The molecule has 2 aromatic rings. The van der Waals surface area contributed by atoms with Crippen LogP contribution in [0.15, 0.2) is 42.5 Å². The molecule has 1 heteroatoms. The molecule has 0 heterocycles. The molecule has 1 fully saturated rings. The van der Waals surface area contributed by atoms with E-state index in [4.69, 9.17) is 5.73 Å². The number of fused-ring (bicyclic) bond motifs is 1. The Bertz CT molecular complexity index is 564. The van der Waals surface area contributed by atoms with Crippen molar-refractivity contribution < 1.29 is 0 Å². The van der Waals surface area contributed by atoms with Crippen molar-refractivity contribution in [3.05, 3.63) is 48.0 Å². The molecule has 1 aliphatic carbocycles. The Labute approximate surface area is 128 Å². The monoisotopic (exact) mass is 281 g/mol. The van der Waals surface area contributed by atoms with Crippen molar-refractivity contribution in [3.8, 4) is 0 Å². The lowest BCUT2D eigenvalue weighted by molar-refractivity contribution is 0.323. The summed E-state index contributed by atoms with van der Waals surface area (Å²) in [4.78, 5) is 0. The van der Waals surface area contributed by atoms with Crippen molar-refractivity contribution in [2.75, 3.05) is 0 Å². The van der Waals surface area contributed by atoms with E-state index in [1.807, 2.05) is 0 Å². The average Bonchev–Trinajstić information content (AvgIpc) is 2.54. The molecule has 1 nitrogen and oxygen atoms in total. The van der Waals surface area contributed by atoms with Crippen LogP contribution in [0.25, 0.3) is 10.8 Å². The Morgan fingerprint density at radius 2 is 1.71 bits per heavy atom. The summed E-state index contributed by atoms with van der Waals surface area (Å²) < 4.78 is 0. The number of hydrogen-bond donors (Lipinski definition) is 1. The SMILES string of the molecule is NC(CCC1CCCCC1)Cc1cccc2ccccc12. The molecule has 0 aliphatic heterocycles. The van der Waals surface area contributed by atoms with Crippen molar-refractivity contribution in [1.82, 2.24) is 0 Å². The Hall–Kier alpha value is -1.34. The molecule has 1 saturated carbocycles. The number of hydrogen-bond acceptors (Lipinski definition) is 1. The van der Waals surface area contributed by atoms with Gasteiger partial charge in [0.05, 0.1) is 0 Å². The minimum Gasteiger partial charge on any atom is -0.327 e. The van der Waals surface area contributed by atoms with Crippen molar-refractivity contribution in [2.24, 2.45) is 11.7 Å². The minimum absolute atomic E-state index is 0.303. The van der Waals surface area contributed by atoms with Gasteiger partial charge in [0.2, 0.25) is 0 Å². The fourth-order valence-electron chi connectivity index (χ4n) is 3.78. The highest BCUT2D eigenvalue weighted by Gasteiger charge is 2.15. The first-order chi connectivity index (χ1) is 10.3. The van der Waals surface area contributed by atoms with Crippen LogP contribution < -0.4 is 5.73 Å². The van der Waals surface area contributed by atoms with Crippen molar-refractivity contribution >= 4 is 10.8 Å². The van der Waals surface area contributed by atoms with E-state index in [0.717, 1.165) is 12.3 Å². The predicted octanol–water partition coefficient (Wildman–Crippen LogP) is 5.07. The van der Waals surface area contributed by atoms with Crippen molar-refractivity contribution in [1.29, 1.82) is 0 Å². The topological polar surface area (TPSA) is 26.0 Å². The van der Waals surface area contributed by atoms with Gasteiger partial charge in [-0.25, -0.2) is 0 Å². The fraction of sp³-hybridized carbons (Fsp3) is 0.500. The summed E-state index contributed by atoms with van der Waals surface area (Å²) in [5.41, 5.74) is 7.82. The molecule has 1 atom stereocenters. The Morgan fingerprint density at radius 1 is 0.952 bits per heavy atom. The van der Waals surface area contributed by atoms with Crippen LogP contribution in [0, 0.1) is 5.92 Å². The molecule has 0 saturated heterocycles. The fourth-order valence-corrected chi connectivity index (χ4v) is 3.78. The standard InChI is InChI=1S/C20H27N/c21-19(14-13-16-7-2-1-3-8-16)15-18-11-6-10-17-9-4-5-12-20(17)18/h4-6,9-12,16,19H,1-3,7-8,13-15,21H2. The van der Waals surface area contributed by atoms with Crippen LogP contribution >= 0.6 is 0 Å². The molecule has 0 radical (unpaired) electrons. The molecule has 0 bridgehead atoms. The number of benzene rings is 2. The van der Waals surface area contributed by atoms with Crippen LogP contribution in [0.5, 0.6) is 0 Å². The van der Waals surface area contributed by atoms with Gasteiger partial charge in [-0.15, -0.1) is 0 Å². The average molecular weight is 281 g/mol. The molecule has 1 unspecified atom stereocenters. The third kappa shape index (κ3) is 3.85. The van der Waals surface area contributed by atoms with Gasteiger partial charge < -0.3 is 5.73 Å². The van der Waals surface area contributed by atoms with Gasteiger partial charge in [-0.2, -0.15) is 0 Å². The molecule has 1 aliphatic rings. The molecule has 0 spiro atoms. The lowest BCUT2D eigenvalue weighted by Gasteiger charge is -2.23. The third-order valence-corrected chi connectivity index (χ3v) is 5.03. The first kappa shape index (κ1) is 14.6. The summed E-state index contributed by atoms with van der Waals surface area (Å²) in [6.07, 6.45) is 10.7. The van der Waals surface area contributed by atoms with E-state index in [9.17, 15) is 0 Å². The number of nitrogens with two attached hydrogens (primary N) is 1. The molecule has 2 N–H and O–H groups in total. The van der Waals surface area contributed by atoms with E-state index < -0.39 is 0 Å². The summed E-state index contributed by atoms with van der Waals surface area (Å²) in [6, 6.07) is 15.5. The molecule has 0 aromatic heterocycles. The van der Waals surface area contributed by atoms with Crippen LogP contribution in [0.1, 0.15) is 50.5 Å². The highest BCUT2D eigenvalue weighted by Crippen LogP contribution is 2.28. The highest BCUT2D eigenvalue weighted by atomic mass is 14.6. The molecule has 21 heavy (non-hydrogen) atoms. The van der Waals surface area contributed by atoms with Crippen molar-refractivity contribution in [3.63, 3.8) is 0 Å². The van der Waals surface area contributed by atoms with Gasteiger partial charge in [0, 0.05) is 6.04 Å². The van der Waals surface area contributed by atoms with Gasteiger partial charge >= 0.3 is 0 Å². The van der Waals surface area contributed by atoms with E-state index in [1.54, 1.807) is 0 Å². The second-order valence-electron chi connectivity index (χ2n) is 6.68. The zero-order chi connectivity index (χ0) is 14.5. The quantitative estimate of drug-likeness (QED) is 0.813. The second-order valence-corrected chi connectivity index (χ2v) is 6.68. The maximum atomic E-state index is 6.41. The lowest BCUT2D eigenvalue weighted by atomic mass is 9.84. The summed E-state index contributed by atoms with van der Waals surface area (Å²) >= 11 is 0. The van der Waals surface area contributed by atoms with Gasteiger partial charge in [0.25, 0.3) is 0 Å². The summed E-state index contributed by atoms with van der Waals surface area (Å²) in [6.45, 7) is 0. The zero-order valence-electron chi connectivity index (χ0n) is 12.9. The second kappa shape index (κ2) is 7.09. The Morgan fingerprint density at radius 3 is 2.57 bits per heavy atom. The molecular formula is C20H27N. The normalized spacial score (nSPS) is 18.0. The van der Waals surface area contributed by atoms with E-state index in [2.05, 4.69) is 42.5 Å². The van der Waals surface area contributed by atoms with Gasteiger partial charge in [-0.3, -0.25) is 0 Å². The van der Waals surface area contributed by atoms with Crippen LogP contribution in [0.3, 0.4) is 0 Å². The highest BCUT2D eigenvalue weighted by molar-refractivity contribution is 5.85. The van der Waals surface area contributed by atoms with Gasteiger partial charge in [0.1, 0.15) is 0 Å². The third-order valence-electron chi connectivity index (χ3n) is 5.03. The van der Waals surface area contributed by atoms with Crippen LogP contribution in [0.2, 0.25) is 0 Å². The molecule has 3 rings (SSSR count). The molecule has 2 aromatic carbocycles. The molecule has 0 amide bonds. The molecule has 112 valence electrons. The summed E-state index contributed by atoms with van der Waals surface area (Å²) in [7, 11) is 0. The first-order valence-electron chi connectivity index (χ1n) is 8.55. The maximum absolute atomic E-state index is 6.41. The first-order valence-corrected chi connectivity index (χ1v) is 8.55. The lowest BCUT2D eigenvalue weighted by Crippen LogP contribution is -2.24. The van der Waals surface area contributed by atoms with E-state index in [0.29, 0.717) is 6.04 Å². The van der Waals surface area contributed by atoms with Crippen LogP contribution in [-0.4, -0.2) is 6.04 Å². The van der Waals surface area contributed by atoms with E-state index in [-0.39, 0.29) is 0 Å². The van der Waals surface area contributed by atoms with Crippen LogP contribution in [-0.2, 0) is 6.42 Å². The summed E-state index contributed by atoms with van der Waals surface area (Å²) in [5, 5.41) is 2.70. The van der Waals surface area contributed by atoms with Crippen LogP contribution in [0.4, 0.5) is 0 Å². The van der Waals surface area contributed by atoms with E-state index in [1.165, 1.54) is 61.3 Å². The number of rotatable bonds is 5. The van der Waals surface area contributed by atoms with Gasteiger partial charge in [-0.05, 0) is 41.5 Å². The zero-order valence-corrected chi connectivity index (χ0v) is 12.9. The Kier molecular flexibility index (Phi) is 4.92. The van der Waals surface area contributed by atoms with Gasteiger partial charge in [-0.1, -0.05) is 74.6 Å². The minimum atomic E-state index is 0.303. The summed E-state index contributed by atoms with van der Waals surface area (Å²) in [5.74, 6) is 0.942. The van der Waals surface area contributed by atoms with Gasteiger partial charge in [0.15, 0.2) is 0 Å². The van der Waals surface area contributed by atoms with E-state index >= 15 is 0 Å².